The summed E-state index contributed by atoms with van der Waals surface area (Å²) in [7, 11) is 3.92. The lowest BCUT2D eigenvalue weighted by molar-refractivity contribution is 0.566. The molecule has 0 fully saturated rings. The largest absolute Gasteiger partial charge is 0.347 e. The van der Waals surface area contributed by atoms with E-state index >= 15 is 0 Å². The van der Waals surface area contributed by atoms with Crippen LogP contribution in [0.4, 0.5) is 5.95 Å². The van der Waals surface area contributed by atoms with Gasteiger partial charge in [-0.3, -0.25) is 0 Å². The lowest BCUT2D eigenvalue weighted by atomic mass is 9.93. The van der Waals surface area contributed by atoms with Gasteiger partial charge >= 0.3 is 0 Å². The van der Waals surface area contributed by atoms with E-state index in [1.54, 1.807) is 0 Å². The van der Waals surface area contributed by atoms with Crippen molar-refractivity contribution in [2.75, 3.05) is 19.0 Å². The van der Waals surface area contributed by atoms with Crippen molar-refractivity contribution in [1.29, 1.82) is 0 Å². The second kappa shape index (κ2) is 6.46. The highest BCUT2D eigenvalue weighted by Crippen LogP contribution is 2.24. The predicted molar refractivity (Wildman–Crippen MR) is 68.9 cm³/mol. The molecule has 1 aromatic heterocycles. The number of hydrogen-bond donors (Lipinski definition) is 0. The molecule has 3 nitrogen and oxygen atoms in total. The zero-order valence-corrected chi connectivity index (χ0v) is 10.9. The summed E-state index contributed by atoms with van der Waals surface area (Å²) in [6.45, 7) is 4.47. The molecule has 0 amide bonds. The molecule has 3 heteroatoms. The lowest BCUT2D eigenvalue weighted by Crippen LogP contribution is -2.13. The molecule has 1 rings (SSSR count). The van der Waals surface area contributed by atoms with Crippen molar-refractivity contribution in [3.63, 3.8) is 0 Å². The second-order valence-corrected chi connectivity index (χ2v) is 4.46. The maximum atomic E-state index is 4.37. The molecule has 1 aromatic rings. The molecule has 0 aliphatic heterocycles. The van der Waals surface area contributed by atoms with Crippen LogP contribution in [0.15, 0.2) is 12.4 Å². The molecule has 1 unspecified atom stereocenters. The van der Waals surface area contributed by atoms with Gasteiger partial charge in [-0.15, -0.1) is 0 Å². The van der Waals surface area contributed by atoms with Crippen LogP contribution in [0.2, 0.25) is 0 Å². The fraction of sp³-hybridized carbons (Fsp3) is 0.692. The minimum atomic E-state index is 0.621. The molecule has 0 aromatic carbocycles. The molecular formula is C13H23N3. The quantitative estimate of drug-likeness (QED) is 0.738. The Bertz CT molecular complexity index is 293. The zero-order chi connectivity index (χ0) is 12.0. The summed E-state index contributed by atoms with van der Waals surface area (Å²) in [6, 6.07) is 0. The maximum Gasteiger partial charge on any atom is 0.224 e. The Morgan fingerprint density at radius 2 is 1.81 bits per heavy atom. The molecule has 16 heavy (non-hydrogen) atoms. The van der Waals surface area contributed by atoms with Crippen LogP contribution in [0, 0.1) is 0 Å². The summed E-state index contributed by atoms with van der Waals surface area (Å²) < 4.78 is 0. The van der Waals surface area contributed by atoms with E-state index in [2.05, 4.69) is 23.8 Å². The van der Waals surface area contributed by atoms with Crippen molar-refractivity contribution < 1.29 is 0 Å². The van der Waals surface area contributed by atoms with Gasteiger partial charge in [-0.05, 0) is 24.3 Å². The van der Waals surface area contributed by atoms with Crippen molar-refractivity contribution in [2.24, 2.45) is 0 Å². The van der Waals surface area contributed by atoms with Crippen molar-refractivity contribution in [1.82, 2.24) is 9.97 Å². The highest BCUT2D eigenvalue weighted by Gasteiger charge is 2.10. The predicted octanol–water partition coefficient (Wildman–Crippen LogP) is 3.23. The van der Waals surface area contributed by atoms with Crippen molar-refractivity contribution in [3.05, 3.63) is 18.0 Å². The minimum absolute atomic E-state index is 0.621. The molecule has 1 heterocycles. The van der Waals surface area contributed by atoms with Crippen LogP contribution in [-0.4, -0.2) is 24.1 Å². The zero-order valence-electron chi connectivity index (χ0n) is 10.9. The third kappa shape index (κ3) is 3.47. The van der Waals surface area contributed by atoms with Gasteiger partial charge in [0.25, 0.3) is 0 Å². The third-order valence-corrected chi connectivity index (χ3v) is 2.93. The molecule has 0 aliphatic carbocycles. The van der Waals surface area contributed by atoms with Gasteiger partial charge in [-0.1, -0.05) is 26.7 Å². The van der Waals surface area contributed by atoms with E-state index in [0.717, 1.165) is 5.95 Å². The molecule has 0 saturated heterocycles. The Labute approximate surface area is 98.9 Å². The number of unbranched alkanes of at least 4 members (excludes halogenated alkanes) is 1. The van der Waals surface area contributed by atoms with Crippen LogP contribution in [-0.2, 0) is 0 Å². The minimum Gasteiger partial charge on any atom is -0.347 e. The van der Waals surface area contributed by atoms with Gasteiger partial charge in [0.15, 0.2) is 0 Å². The first-order valence-corrected chi connectivity index (χ1v) is 6.18. The van der Waals surface area contributed by atoms with Crippen molar-refractivity contribution >= 4 is 5.95 Å². The molecule has 90 valence electrons. The van der Waals surface area contributed by atoms with Crippen LogP contribution >= 0.6 is 0 Å². The van der Waals surface area contributed by atoms with Gasteiger partial charge < -0.3 is 4.90 Å². The number of hydrogen-bond acceptors (Lipinski definition) is 3. The van der Waals surface area contributed by atoms with Crippen molar-refractivity contribution in [3.8, 4) is 0 Å². The van der Waals surface area contributed by atoms with E-state index in [-0.39, 0.29) is 0 Å². The highest BCUT2D eigenvalue weighted by atomic mass is 15.2. The van der Waals surface area contributed by atoms with E-state index < -0.39 is 0 Å². The smallest absolute Gasteiger partial charge is 0.224 e. The van der Waals surface area contributed by atoms with Gasteiger partial charge in [-0.2, -0.15) is 0 Å². The van der Waals surface area contributed by atoms with Crippen LogP contribution < -0.4 is 4.90 Å². The molecule has 0 aliphatic rings. The molecule has 0 spiro atoms. The van der Waals surface area contributed by atoms with E-state index in [4.69, 9.17) is 0 Å². The Kier molecular flexibility index (Phi) is 5.23. The SMILES string of the molecule is CCCCC(CC)c1cnc(N(C)C)nc1. The van der Waals surface area contributed by atoms with E-state index in [0.29, 0.717) is 5.92 Å². The van der Waals surface area contributed by atoms with Crippen LogP contribution in [0.3, 0.4) is 0 Å². The number of anilines is 1. The Balaban J connectivity index is 2.70. The topological polar surface area (TPSA) is 29.0 Å². The second-order valence-electron chi connectivity index (χ2n) is 4.46. The fourth-order valence-electron chi connectivity index (χ4n) is 1.83. The maximum absolute atomic E-state index is 4.37. The van der Waals surface area contributed by atoms with E-state index in [9.17, 15) is 0 Å². The molecule has 0 saturated carbocycles. The standard InChI is InChI=1S/C13H23N3/c1-5-7-8-11(6-2)12-9-14-13(15-10-12)16(3)4/h9-11H,5-8H2,1-4H3. The lowest BCUT2D eigenvalue weighted by Gasteiger charge is -2.15. The normalized spacial score (nSPS) is 12.5. The number of aromatic nitrogens is 2. The first-order chi connectivity index (χ1) is 7.69. The van der Waals surface area contributed by atoms with Crippen molar-refractivity contribution in [2.45, 2.75) is 45.4 Å². The van der Waals surface area contributed by atoms with E-state index in [1.165, 1.54) is 31.2 Å². The average Bonchev–Trinajstić information content (AvgIpc) is 2.30. The summed E-state index contributed by atoms with van der Waals surface area (Å²) >= 11 is 0. The first-order valence-electron chi connectivity index (χ1n) is 6.18. The Hall–Kier alpha value is -1.12. The van der Waals surface area contributed by atoms with Gasteiger partial charge in [-0.25, -0.2) is 9.97 Å². The number of rotatable bonds is 6. The molecule has 1 atom stereocenters. The summed E-state index contributed by atoms with van der Waals surface area (Å²) in [6.07, 6.45) is 8.92. The van der Waals surface area contributed by atoms with Gasteiger partial charge in [0.2, 0.25) is 5.95 Å². The van der Waals surface area contributed by atoms with Gasteiger partial charge in [0, 0.05) is 26.5 Å². The van der Waals surface area contributed by atoms with Gasteiger partial charge in [0.05, 0.1) is 0 Å². The summed E-state index contributed by atoms with van der Waals surface area (Å²) in [4.78, 5) is 10.7. The fourth-order valence-corrected chi connectivity index (χ4v) is 1.83. The summed E-state index contributed by atoms with van der Waals surface area (Å²) in [5, 5.41) is 0. The third-order valence-electron chi connectivity index (χ3n) is 2.93. The molecule has 0 N–H and O–H groups in total. The van der Waals surface area contributed by atoms with Crippen LogP contribution in [0.5, 0.6) is 0 Å². The first kappa shape index (κ1) is 12.9. The monoisotopic (exact) mass is 221 g/mol. The van der Waals surface area contributed by atoms with Crippen LogP contribution in [0.25, 0.3) is 0 Å². The Morgan fingerprint density at radius 3 is 2.25 bits per heavy atom. The Morgan fingerprint density at radius 1 is 1.19 bits per heavy atom. The summed E-state index contributed by atoms with van der Waals surface area (Å²) in [5.41, 5.74) is 1.28. The van der Waals surface area contributed by atoms with Gasteiger partial charge in [0.1, 0.15) is 0 Å². The average molecular weight is 221 g/mol. The molecule has 0 radical (unpaired) electrons. The van der Waals surface area contributed by atoms with Crippen LogP contribution in [0.1, 0.15) is 51.0 Å². The number of nitrogens with zero attached hydrogens (tertiary/aromatic N) is 3. The van der Waals surface area contributed by atoms with E-state index in [1.807, 2.05) is 31.4 Å². The molecule has 0 bridgehead atoms. The molecular weight excluding hydrogens is 198 g/mol. The highest BCUT2D eigenvalue weighted by molar-refractivity contribution is 5.27. The summed E-state index contributed by atoms with van der Waals surface area (Å²) in [5.74, 6) is 1.41.